The van der Waals surface area contributed by atoms with Gasteiger partial charge in [0.15, 0.2) is 0 Å². The first-order valence-corrected chi connectivity index (χ1v) is 7.89. The van der Waals surface area contributed by atoms with E-state index in [4.69, 9.17) is 0 Å². The highest BCUT2D eigenvalue weighted by molar-refractivity contribution is 5.88. The van der Waals surface area contributed by atoms with Gasteiger partial charge in [-0.2, -0.15) is 0 Å². The summed E-state index contributed by atoms with van der Waals surface area (Å²) in [5.74, 6) is -0.0785. The second kappa shape index (κ2) is 8.46. The predicted molar refractivity (Wildman–Crippen MR) is 93.2 cm³/mol. The molecule has 0 saturated heterocycles. The van der Waals surface area contributed by atoms with Crippen molar-refractivity contribution in [1.82, 2.24) is 5.32 Å². The highest BCUT2D eigenvalue weighted by Gasteiger charge is 2.15. The van der Waals surface area contributed by atoms with Crippen molar-refractivity contribution in [3.05, 3.63) is 65.7 Å². The van der Waals surface area contributed by atoms with Gasteiger partial charge in [-0.1, -0.05) is 42.5 Å². The smallest absolute Gasteiger partial charge is 0.221 e. The van der Waals surface area contributed by atoms with Crippen LogP contribution in [0.5, 0.6) is 0 Å². The molecule has 0 aliphatic rings. The lowest BCUT2D eigenvalue weighted by Crippen LogP contribution is -2.25. The quantitative estimate of drug-likeness (QED) is 0.734. The van der Waals surface area contributed by atoms with Crippen LogP contribution in [0.2, 0.25) is 0 Å². The van der Waals surface area contributed by atoms with Gasteiger partial charge in [-0.15, -0.1) is 0 Å². The van der Waals surface area contributed by atoms with E-state index in [0.717, 1.165) is 16.8 Å². The molecule has 2 aromatic rings. The third kappa shape index (κ3) is 5.20. The molecule has 0 saturated carbocycles. The molecule has 4 nitrogen and oxygen atoms in total. The highest BCUT2D eigenvalue weighted by atomic mass is 16.3. The van der Waals surface area contributed by atoms with Crippen LogP contribution in [-0.4, -0.2) is 17.6 Å². The zero-order chi connectivity index (χ0) is 16.7. The van der Waals surface area contributed by atoms with Crippen LogP contribution in [0.1, 0.15) is 43.5 Å². The minimum absolute atomic E-state index is 0.0785. The number of hydrogen-bond donors (Lipinski definition) is 3. The van der Waals surface area contributed by atoms with Gasteiger partial charge < -0.3 is 15.7 Å². The molecule has 0 aliphatic heterocycles. The maximum absolute atomic E-state index is 11.2. The van der Waals surface area contributed by atoms with Gasteiger partial charge in [0.1, 0.15) is 0 Å². The molecule has 2 atom stereocenters. The Kier molecular flexibility index (Phi) is 6.32. The average Bonchev–Trinajstić information content (AvgIpc) is 2.55. The third-order valence-corrected chi connectivity index (χ3v) is 3.78. The largest absolute Gasteiger partial charge is 0.396 e. The molecule has 0 spiro atoms. The molecule has 2 aromatic carbocycles. The molecule has 0 aromatic heterocycles. The van der Waals surface area contributed by atoms with E-state index in [2.05, 4.69) is 29.7 Å². The van der Waals surface area contributed by atoms with E-state index in [1.807, 2.05) is 42.5 Å². The summed E-state index contributed by atoms with van der Waals surface area (Å²) in [5, 5.41) is 15.7. The first-order chi connectivity index (χ1) is 11.1. The topological polar surface area (TPSA) is 61.4 Å². The maximum atomic E-state index is 11.2. The van der Waals surface area contributed by atoms with Crippen molar-refractivity contribution in [3.8, 4) is 0 Å². The second-order valence-corrected chi connectivity index (χ2v) is 5.67. The van der Waals surface area contributed by atoms with Crippen molar-refractivity contribution in [2.24, 2.45) is 0 Å². The van der Waals surface area contributed by atoms with E-state index in [0.29, 0.717) is 6.42 Å². The Hall–Kier alpha value is -2.17. The molecule has 0 radical (unpaired) electrons. The Morgan fingerprint density at radius 3 is 2.43 bits per heavy atom. The van der Waals surface area contributed by atoms with Gasteiger partial charge in [0.2, 0.25) is 5.91 Å². The predicted octanol–water partition coefficient (Wildman–Crippen LogP) is 3.42. The summed E-state index contributed by atoms with van der Waals surface area (Å²) in [5.41, 5.74) is 3.05. The Bertz CT molecular complexity index is 628. The van der Waals surface area contributed by atoms with Crippen LogP contribution in [0.25, 0.3) is 0 Å². The van der Waals surface area contributed by atoms with Crippen LogP contribution < -0.4 is 10.6 Å². The van der Waals surface area contributed by atoms with Gasteiger partial charge in [0, 0.05) is 31.3 Å². The summed E-state index contributed by atoms with van der Waals surface area (Å²) < 4.78 is 0. The Balaban J connectivity index is 2.12. The minimum atomic E-state index is -0.0785. The lowest BCUT2D eigenvalue weighted by Gasteiger charge is -2.24. The van der Waals surface area contributed by atoms with Crippen molar-refractivity contribution in [3.63, 3.8) is 0 Å². The van der Waals surface area contributed by atoms with Gasteiger partial charge in [0.05, 0.1) is 0 Å². The van der Waals surface area contributed by atoms with Crippen molar-refractivity contribution in [2.75, 3.05) is 11.9 Å². The molecule has 0 fully saturated rings. The molecule has 1 unspecified atom stereocenters. The molecular formula is C19H24N2O2. The molecular weight excluding hydrogens is 288 g/mol. The third-order valence-electron chi connectivity index (χ3n) is 3.78. The Morgan fingerprint density at radius 1 is 1.09 bits per heavy atom. The van der Waals surface area contributed by atoms with Crippen LogP contribution in [0.3, 0.4) is 0 Å². The van der Waals surface area contributed by atoms with Crippen LogP contribution >= 0.6 is 0 Å². The molecule has 122 valence electrons. The number of carbonyl (C=O) groups is 1. The monoisotopic (exact) mass is 312 g/mol. The van der Waals surface area contributed by atoms with Crippen LogP contribution in [-0.2, 0) is 4.79 Å². The van der Waals surface area contributed by atoms with Gasteiger partial charge in [-0.05, 0) is 36.6 Å². The summed E-state index contributed by atoms with van der Waals surface area (Å²) in [4.78, 5) is 11.2. The molecule has 0 bridgehead atoms. The average molecular weight is 312 g/mol. The zero-order valence-corrected chi connectivity index (χ0v) is 13.6. The standard InChI is InChI=1S/C19H24N2O2/c1-14(17-9-6-10-18(13-17)21-15(2)23)20-19(11-12-22)16-7-4-3-5-8-16/h3-10,13-14,19-20,22H,11-12H2,1-2H3,(H,21,23)/t14?,19-/m1/s1. The van der Waals surface area contributed by atoms with Gasteiger partial charge in [-0.25, -0.2) is 0 Å². The van der Waals surface area contributed by atoms with Crippen molar-refractivity contribution >= 4 is 11.6 Å². The molecule has 0 aliphatic carbocycles. The molecule has 0 heterocycles. The number of amides is 1. The first kappa shape index (κ1) is 17.2. The van der Waals surface area contributed by atoms with Crippen LogP contribution in [0, 0.1) is 0 Å². The van der Waals surface area contributed by atoms with E-state index in [1.54, 1.807) is 0 Å². The lowest BCUT2D eigenvalue weighted by atomic mass is 10.0. The zero-order valence-electron chi connectivity index (χ0n) is 13.6. The number of aliphatic hydroxyl groups is 1. The van der Waals surface area contributed by atoms with Crippen molar-refractivity contribution in [2.45, 2.75) is 32.4 Å². The number of carbonyl (C=O) groups excluding carboxylic acids is 1. The number of anilines is 1. The number of nitrogens with one attached hydrogen (secondary N) is 2. The van der Waals surface area contributed by atoms with E-state index in [-0.39, 0.29) is 24.6 Å². The first-order valence-electron chi connectivity index (χ1n) is 7.89. The van der Waals surface area contributed by atoms with E-state index in [1.165, 1.54) is 6.92 Å². The van der Waals surface area contributed by atoms with Crippen LogP contribution in [0.15, 0.2) is 54.6 Å². The Morgan fingerprint density at radius 2 is 1.78 bits per heavy atom. The maximum Gasteiger partial charge on any atom is 0.221 e. The van der Waals surface area contributed by atoms with E-state index < -0.39 is 0 Å². The number of aliphatic hydroxyl groups excluding tert-OH is 1. The fourth-order valence-corrected chi connectivity index (χ4v) is 2.65. The SMILES string of the molecule is CC(=O)Nc1cccc(C(C)N[C@H](CCO)c2ccccc2)c1. The van der Waals surface area contributed by atoms with Crippen molar-refractivity contribution < 1.29 is 9.90 Å². The minimum Gasteiger partial charge on any atom is -0.396 e. The number of benzene rings is 2. The van der Waals surface area contributed by atoms with Crippen molar-refractivity contribution in [1.29, 1.82) is 0 Å². The molecule has 3 N–H and O–H groups in total. The fraction of sp³-hybridized carbons (Fsp3) is 0.316. The fourth-order valence-electron chi connectivity index (χ4n) is 2.65. The van der Waals surface area contributed by atoms with Crippen LogP contribution in [0.4, 0.5) is 5.69 Å². The summed E-state index contributed by atoms with van der Waals surface area (Å²) in [6, 6.07) is 18.1. The normalized spacial score (nSPS) is 13.3. The van der Waals surface area contributed by atoms with E-state index >= 15 is 0 Å². The number of hydrogen-bond acceptors (Lipinski definition) is 3. The Labute approximate surface area is 137 Å². The molecule has 2 rings (SSSR count). The van der Waals surface area contributed by atoms with Gasteiger partial charge >= 0.3 is 0 Å². The summed E-state index contributed by atoms with van der Waals surface area (Å²) in [6.45, 7) is 3.71. The summed E-state index contributed by atoms with van der Waals surface area (Å²) in [6.07, 6.45) is 0.653. The second-order valence-electron chi connectivity index (χ2n) is 5.67. The summed E-state index contributed by atoms with van der Waals surface area (Å²) in [7, 11) is 0. The molecule has 23 heavy (non-hydrogen) atoms. The van der Waals surface area contributed by atoms with E-state index in [9.17, 15) is 9.90 Å². The molecule has 1 amide bonds. The van der Waals surface area contributed by atoms with Gasteiger partial charge in [-0.3, -0.25) is 4.79 Å². The lowest BCUT2D eigenvalue weighted by molar-refractivity contribution is -0.114. The number of rotatable bonds is 7. The van der Waals surface area contributed by atoms with Gasteiger partial charge in [0.25, 0.3) is 0 Å². The summed E-state index contributed by atoms with van der Waals surface area (Å²) >= 11 is 0. The highest BCUT2D eigenvalue weighted by Crippen LogP contribution is 2.23. The molecule has 4 heteroatoms.